The van der Waals surface area contributed by atoms with Gasteiger partial charge in [0.15, 0.2) is 0 Å². The second-order valence-electron chi connectivity index (χ2n) is 5.84. The van der Waals surface area contributed by atoms with Crippen LogP contribution in [-0.2, 0) is 27.1 Å². The van der Waals surface area contributed by atoms with Crippen molar-refractivity contribution in [1.29, 1.82) is 0 Å². The highest BCUT2D eigenvalue weighted by molar-refractivity contribution is 6.47. The fourth-order valence-electron chi connectivity index (χ4n) is 2.91. The Hall–Kier alpha value is -2.55. The van der Waals surface area contributed by atoms with Gasteiger partial charge in [-0.25, -0.2) is 0 Å². The minimum absolute atomic E-state index is 0.00663. The first-order valence-corrected chi connectivity index (χ1v) is 7.99. The molecule has 0 atom stereocenters. The predicted octanol–water partition coefficient (Wildman–Crippen LogP) is 1.46. The monoisotopic (exact) mass is 387 g/mol. The van der Waals surface area contributed by atoms with Crippen molar-refractivity contribution in [3.63, 3.8) is 0 Å². The average molecular weight is 388 g/mol. The molecule has 3 amide bonds. The average Bonchev–Trinajstić information content (AvgIpc) is 2.81. The zero-order valence-electron chi connectivity index (χ0n) is 13.3. The number of hydrogen-bond acceptors (Lipinski definition) is 4. The Kier molecular flexibility index (Phi) is 4.66. The van der Waals surface area contributed by atoms with E-state index >= 15 is 0 Å². The molecule has 1 aromatic carbocycles. The number of piperazine rings is 1. The molecule has 6 nitrogen and oxygen atoms in total. The number of halogens is 4. The summed E-state index contributed by atoms with van der Waals surface area (Å²) in [4.78, 5) is 38.2. The van der Waals surface area contributed by atoms with Crippen molar-refractivity contribution in [2.45, 2.75) is 12.7 Å². The lowest BCUT2D eigenvalue weighted by atomic mass is 10.1. The Morgan fingerprint density at radius 1 is 1.08 bits per heavy atom. The lowest BCUT2D eigenvalue weighted by Crippen LogP contribution is -2.50. The second-order valence-corrected chi connectivity index (χ2v) is 6.22. The van der Waals surface area contributed by atoms with Gasteiger partial charge < -0.3 is 9.80 Å². The van der Waals surface area contributed by atoms with Gasteiger partial charge in [-0.1, -0.05) is 29.8 Å². The van der Waals surface area contributed by atoms with Crippen molar-refractivity contribution in [3.8, 4) is 0 Å². The molecular formula is C16H13ClF3N3O3. The topological polar surface area (TPSA) is 69.7 Å². The Bertz CT molecular complexity index is 822. The normalized spacial score (nSPS) is 18.7. The Morgan fingerprint density at radius 2 is 1.77 bits per heavy atom. The highest BCUT2D eigenvalue weighted by Crippen LogP contribution is 2.32. The molecule has 2 aliphatic rings. The Morgan fingerprint density at radius 3 is 2.35 bits per heavy atom. The summed E-state index contributed by atoms with van der Waals surface area (Å²) >= 11 is 5.80. The highest BCUT2D eigenvalue weighted by Gasteiger charge is 2.37. The van der Waals surface area contributed by atoms with Crippen molar-refractivity contribution in [2.75, 3.05) is 19.6 Å². The van der Waals surface area contributed by atoms with Crippen molar-refractivity contribution in [1.82, 2.24) is 15.1 Å². The number of nitrogens with one attached hydrogen (secondary N) is 1. The molecule has 0 aliphatic carbocycles. The predicted molar refractivity (Wildman–Crippen MR) is 84.5 cm³/mol. The fraction of sp³-hybridized carbons (Fsp3) is 0.312. The highest BCUT2D eigenvalue weighted by atomic mass is 35.5. The summed E-state index contributed by atoms with van der Waals surface area (Å²) in [6.45, 7) is -0.174. The minimum atomic E-state index is -4.51. The lowest BCUT2D eigenvalue weighted by Gasteiger charge is -2.35. The lowest BCUT2D eigenvalue weighted by molar-refractivity contribution is -0.141. The quantitative estimate of drug-likeness (QED) is 0.797. The number of hydrogen-bond donors (Lipinski definition) is 1. The summed E-state index contributed by atoms with van der Waals surface area (Å²) in [5.74, 6) is -1.89. The van der Waals surface area contributed by atoms with Gasteiger partial charge in [-0.2, -0.15) is 13.2 Å². The maximum atomic E-state index is 13.1. The standard InChI is InChI=1S/C16H13ClF3N3O3/c17-12-13(15(26)21-14(12)25)23-6-5-22(11(24)8-23)7-9-3-1-2-4-10(9)16(18,19)20/h1-4H,5-8H2,(H,21,25,26). The number of alkyl halides is 3. The molecule has 1 fully saturated rings. The first-order valence-electron chi connectivity index (χ1n) is 7.61. The molecule has 0 bridgehead atoms. The van der Waals surface area contributed by atoms with E-state index in [-0.39, 0.29) is 42.5 Å². The van der Waals surface area contributed by atoms with Crippen LogP contribution in [0.5, 0.6) is 0 Å². The van der Waals surface area contributed by atoms with Gasteiger partial charge in [-0.05, 0) is 11.6 Å². The van der Waals surface area contributed by atoms with Crippen molar-refractivity contribution in [2.24, 2.45) is 0 Å². The van der Waals surface area contributed by atoms with Gasteiger partial charge in [-0.3, -0.25) is 19.7 Å². The van der Waals surface area contributed by atoms with E-state index < -0.39 is 29.5 Å². The molecule has 0 unspecified atom stereocenters. The maximum absolute atomic E-state index is 13.1. The van der Waals surface area contributed by atoms with E-state index in [1.807, 2.05) is 5.32 Å². The summed E-state index contributed by atoms with van der Waals surface area (Å²) in [7, 11) is 0. The molecule has 1 saturated heterocycles. The van der Waals surface area contributed by atoms with Gasteiger partial charge >= 0.3 is 6.18 Å². The molecule has 0 saturated carbocycles. The zero-order chi connectivity index (χ0) is 19.1. The van der Waals surface area contributed by atoms with Crippen LogP contribution in [0.3, 0.4) is 0 Å². The van der Waals surface area contributed by atoms with Gasteiger partial charge in [-0.15, -0.1) is 0 Å². The molecule has 138 valence electrons. The summed E-state index contributed by atoms with van der Waals surface area (Å²) in [5, 5.41) is 1.74. The third kappa shape index (κ3) is 3.39. The van der Waals surface area contributed by atoms with Crippen molar-refractivity contribution < 1.29 is 27.6 Å². The summed E-state index contributed by atoms with van der Waals surface area (Å²) in [5.41, 5.74) is -0.880. The molecule has 0 radical (unpaired) electrons. The number of nitrogens with zero attached hydrogens (tertiary/aromatic N) is 2. The first kappa shape index (κ1) is 18.2. The number of rotatable bonds is 3. The molecule has 2 heterocycles. The molecular weight excluding hydrogens is 375 g/mol. The third-order valence-electron chi connectivity index (χ3n) is 4.17. The van der Waals surface area contributed by atoms with Crippen LogP contribution < -0.4 is 5.32 Å². The van der Waals surface area contributed by atoms with Crippen LogP contribution in [0.15, 0.2) is 35.0 Å². The largest absolute Gasteiger partial charge is 0.416 e. The zero-order valence-corrected chi connectivity index (χ0v) is 14.0. The molecule has 1 N–H and O–H groups in total. The van der Waals surface area contributed by atoms with E-state index in [9.17, 15) is 27.6 Å². The molecule has 0 spiro atoms. The van der Waals surface area contributed by atoms with E-state index in [1.54, 1.807) is 0 Å². The van der Waals surface area contributed by atoms with Crippen LogP contribution in [0.25, 0.3) is 0 Å². The van der Waals surface area contributed by atoms with Gasteiger partial charge in [0.25, 0.3) is 11.8 Å². The van der Waals surface area contributed by atoms with E-state index in [2.05, 4.69) is 0 Å². The molecule has 10 heteroatoms. The van der Waals surface area contributed by atoms with Crippen LogP contribution in [-0.4, -0.2) is 47.2 Å². The fourth-order valence-corrected chi connectivity index (χ4v) is 3.17. The van der Waals surface area contributed by atoms with E-state index in [1.165, 1.54) is 28.0 Å². The number of imide groups is 1. The summed E-state index contributed by atoms with van der Waals surface area (Å²) in [6.07, 6.45) is -4.51. The number of carbonyl (C=O) groups is 3. The number of benzene rings is 1. The number of carbonyl (C=O) groups excluding carboxylic acids is 3. The molecule has 26 heavy (non-hydrogen) atoms. The Labute approximate surface area is 151 Å². The third-order valence-corrected chi connectivity index (χ3v) is 4.52. The van der Waals surface area contributed by atoms with Crippen LogP contribution in [0.2, 0.25) is 0 Å². The van der Waals surface area contributed by atoms with Crippen LogP contribution in [0.1, 0.15) is 11.1 Å². The van der Waals surface area contributed by atoms with Gasteiger partial charge in [0.05, 0.1) is 12.1 Å². The first-order chi connectivity index (χ1) is 12.2. The van der Waals surface area contributed by atoms with Gasteiger partial charge in [0, 0.05) is 19.6 Å². The minimum Gasteiger partial charge on any atom is -0.355 e. The molecule has 1 aromatic rings. The van der Waals surface area contributed by atoms with Crippen molar-refractivity contribution >= 4 is 29.3 Å². The second kappa shape index (κ2) is 6.64. The smallest absolute Gasteiger partial charge is 0.355 e. The van der Waals surface area contributed by atoms with Gasteiger partial charge in [0.2, 0.25) is 5.91 Å². The molecule has 0 aromatic heterocycles. The Balaban J connectivity index is 1.75. The van der Waals surface area contributed by atoms with E-state index in [0.717, 1.165) is 6.07 Å². The van der Waals surface area contributed by atoms with Crippen LogP contribution in [0, 0.1) is 0 Å². The number of amides is 3. The van der Waals surface area contributed by atoms with E-state index in [0.29, 0.717) is 0 Å². The SMILES string of the molecule is O=C1NC(=O)C(N2CCN(Cc3ccccc3C(F)(F)F)C(=O)C2)=C1Cl. The van der Waals surface area contributed by atoms with Gasteiger partial charge in [0.1, 0.15) is 10.7 Å². The van der Waals surface area contributed by atoms with Crippen molar-refractivity contribution in [3.05, 3.63) is 46.1 Å². The maximum Gasteiger partial charge on any atom is 0.416 e. The molecule has 3 rings (SSSR count). The van der Waals surface area contributed by atoms with Crippen LogP contribution >= 0.6 is 11.6 Å². The van der Waals surface area contributed by atoms with E-state index in [4.69, 9.17) is 11.6 Å². The summed E-state index contributed by atoms with van der Waals surface area (Å²) < 4.78 is 39.2. The summed E-state index contributed by atoms with van der Waals surface area (Å²) in [6, 6.07) is 5.06. The van der Waals surface area contributed by atoms with Crippen LogP contribution in [0.4, 0.5) is 13.2 Å². The molecule has 2 aliphatic heterocycles.